The summed E-state index contributed by atoms with van der Waals surface area (Å²) in [7, 11) is 0. The maximum absolute atomic E-state index is 12.5. The van der Waals surface area contributed by atoms with Gasteiger partial charge in [-0.05, 0) is 37.3 Å². The highest BCUT2D eigenvalue weighted by molar-refractivity contribution is 6.05. The first-order valence-electron chi connectivity index (χ1n) is 7.72. The SMILES string of the molecule is CCn1c(NC(=O)c2cccc(NC(C)=O)c2)nc2ccccc21. The Bertz CT molecular complexity index is 914. The van der Waals surface area contributed by atoms with E-state index in [2.05, 4.69) is 15.6 Å². The van der Waals surface area contributed by atoms with Crippen LogP contribution < -0.4 is 10.6 Å². The van der Waals surface area contributed by atoms with Crippen LogP contribution >= 0.6 is 0 Å². The van der Waals surface area contributed by atoms with Gasteiger partial charge in [0.25, 0.3) is 5.91 Å². The molecule has 0 atom stereocenters. The number of para-hydroxylation sites is 2. The summed E-state index contributed by atoms with van der Waals surface area (Å²) in [5.41, 5.74) is 2.85. The highest BCUT2D eigenvalue weighted by Gasteiger charge is 2.13. The third-order valence-electron chi connectivity index (χ3n) is 3.64. The summed E-state index contributed by atoms with van der Waals surface area (Å²) in [6.07, 6.45) is 0. The van der Waals surface area contributed by atoms with Crippen molar-refractivity contribution in [3.63, 3.8) is 0 Å². The average Bonchev–Trinajstić information content (AvgIpc) is 2.91. The zero-order valence-electron chi connectivity index (χ0n) is 13.5. The largest absolute Gasteiger partial charge is 0.326 e. The van der Waals surface area contributed by atoms with Crippen molar-refractivity contribution in [3.8, 4) is 0 Å². The van der Waals surface area contributed by atoms with Crippen LogP contribution in [0.15, 0.2) is 48.5 Å². The normalized spacial score (nSPS) is 10.6. The summed E-state index contributed by atoms with van der Waals surface area (Å²) < 4.78 is 1.95. The van der Waals surface area contributed by atoms with E-state index in [-0.39, 0.29) is 11.8 Å². The molecule has 0 fully saturated rings. The van der Waals surface area contributed by atoms with E-state index in [9.17, 15) is 9.59 Å². The van der Waals surface area contributed by atoms with E-state index in [0.29, 0.717) is 23.7 Å². The topological polar surface area (TPSA) is 76.0 Å². The van der Waals surface area contributed by atoms with Crippen LogP contribution in [-0.2, 0) is 11.3 Å². The van der Waals surface area contributed by atoms with Crippen LogP contribution in [0.1, 0.15) is 24.2 Å². The van der Waals surface area contributed by atoms with Crippen molar-refractivity contribution in [2.45, 2.75) is 20.4 Å². The number of imidazole rings is 1. The Morgan fingerprint density at radius 1 is 1.08 bits per heavy atom. The average molecular weight is 322 g/mol. The summed E-state index contributed by atoms with van der Waals surface area (Å²) in [5, 5.41) is 5.52. The molecule has 0 aliphatic heterocycles. The highest BCUT2D eigenvalue weighted by atomic mass is 16.2. The highest BCUT2D eigenvalue weighted by Crippen LogP contribution is 2.20. The molecule has 2 amide bonds. The quantitative estimate of drug-likeness (QED) is 0.774. The molecule has 3 aromatic rings. The Hall–Kier alpha value is -3.15. The molecule has 0 aliphatic carbocycles. The molecule has 0 radical (unpaired) electrons. The lowest BCUT2D eigenvalue weighted by Crippen LogP contribution is -2.16. The number of hydrogen-bond donors (Lipinski definition) is 2. The number of carbonyl (C=O) groups is 2. The number of fused-ring (bicyclic) bond motifs is 1. The minimum atomic E-state index is -0.271. The monoisotopic (exact) mass is 322 g/mol. The van der Waals surface area contributed by atoms with Crippen LogP contribution in [0.5, 0.6) is 0 Å². The molecule has 0 unspecified atom stereocenters. The molecular weight excluding hydrogens is 304 g/mol. The van der Waals surface area contributed by atoms with Crippen molar-refractivity contribution in [1.82, 2.24) is 9.55 Å². The number of nitrogens with zero attached hydrogens (tertiary/aromatic N) is 2. The van der Waals surface area contributed by atoms with E-state index < -0.39 is 0 Å². The van der Waals surface area contributed by atoms with Gasteiger partial charge in [0.1, 0.15) is 0 Å². The molecule has 122 valence electrons. The summed E-state index contributed by atoms with van der Waals surface area (Å²) in [5.74, 6) is 0.0566. The Morgan fingerprint density at radius 2 is 1.88 bits per heavy atom. The first kappa shape index (κ1) is 15.7. The van der Waals surface area contributed by atoms with E-state index >= 15 is 0 Å². The summed E-state index contributed by atoms with van der Waals surface area (Å²) in [6.45, 7) is 4.12. The van der Waals surface area contributed by atoms with Gasteiger partial charge in [-0.15, -0.1) is 0 Å². The van der Waals surface area contributed by atoms with Crippen molar-refractivity contribution in [2.75, 3.05) is 10.6 Å². The Labute approximate surface area is 139 Å². The van der Waals surface area contributed by atoms with E-state index in [1.165, 1.54) is 6.92 Å². The zero-order chi connectivity index (χ0) is 17.1. The van der Waals surface area contributed by atoms with Crippen LogP contribution in [0, 0.1) is 0 Å². The van der Waals surface area contributed by atoms with Crippen LogP contribution in [0.25, 0.3) is 11.0 Å². The molecule has 24 heavy (non-hydrogen) atoms. The molecule has 1 heterocycles. The van der Waals surface area contributed by atoms with Gasteiger partial charge >= 0.3 is 0 Å². The third-order valence-corrected chi connectivity index (χ3v) is 3.64. The predicted octanol–water partition coefficient (Wildman–Crippen LogP) is 3.27. The fraction of sp³-hybridized carbons (Fsp3) is 0.167. The maximum Gasteiger partial charge on any atom is 0.258 e. The summed E-state index contributed by atoms with van der Waals surface area (Å²) in [4.78, 5) is 28.1. The van der Waals surface area contributed by atoms with Gasteiger partial charge in [0.15, 0.2) is 0 Å². The molecule has 0 saturated heterocycles. The third kappa shape index (κ3) is 3.12. The van der Waals surface area contributed by atoms with Gasteiger partial charge in [-0.25, -0.2) is 4.98 Å². The molecule has 1 aromatic heterocycles. The van der Waals surface area contributed by atoms with Gasteiger partial charge in [-0.3, -0.25) is 14.9 Å². The van der Waals surface area contributed by atoms with Crippen molar-refractivity contribution in [2.24, 2.45) is 0 Å². The number of nitrogens with one attached hydrogen (secondary N) is 2. The fourth-order valence-corrected chi connectivity index (χ4v) is 2.61. The van der Waals surface area contributed by atoms with Crippen LogP contribution in [0.2, 0.25) is 0 Å². The second kappa shape index (κ2) is 6.54. The molecule has 6 heteroatoms. The number of anilines is 2. The second-order valence-electron chi connectivity index (χ2n) is 5.38. The molecule has 0 spiro atoms. The Morgan fingerprint density at radius 3 is 2.62 bits per heavy atom. The number of carbonyl (C=O) groups excluding carboxylic acids is 2. The lowest BCUT2D eigenvalue weighted by Gasteiger charge is -2.09. The second-order valence-corrected chi connectivity index (χ2v) is 5.38. The first-order valence-corrected chi connectivity index (χ1v) is 7.72. The number of aromatic nitrogens is 2. The lowest BCUT2D eigenvalue weighted by atomic mass is 10.2. The standard InChI is InChI=1S/C18H18N4O2/c1-3-22-16-10-5-4-9-15(16)20-18(22)21-17(24)13-7-6-8-14(11-13)19-12(2)23/h4-11H,3H2,1-2H3,(H,19,23)(H,20,21,24). The van der Waals surface area contributed by atoms with E-state index in [1.54, 1.807) is 24.3 Å². The van der Waals surface area contributed by atoms with Gasteiger partial charge in [0.2, 0.25) is 11.9 Å². The summed E-state index contributed by atoms with van der Waals surface area (Å²) >= 11 is 0. The minimum absolute atomic E-state index is 0.180. The smallest absolute Gasteiger partial charge is 0.258 e. The predicted molar refractivity (Wildman–Crippen MR) is 94.1 cm³/mol. The molecule has 6 nitrogen and oxygen atoms in total. The number of amides is 2. The molecule has 3 rings (SSSR count). The molecular formula is C18H18N4O2. The van der Waals surface area contributed by atoms with Crippen molar-refractivity contribution in [3.05, 3.63) is 54.1 Å². The Kier molecular flexibility index (Phi) is 4.29. The molecule has 0 bridgehead atoms. The van der Waals surface area contributed by atoms with Gasteiger partial charge in [-0.1, -0.05) is 18.2 Å². The van der Waals surface area contributed by atoms with Crippen molar-refractivity contribution in [1.29, 1.82) is 0 Å². The van der Waals surface area contributed by atoms with Gasteiger partial charge in [0, 0.05) is 24.7 Å². The van der Waals surface area contributed by atoms with E-state index in [1.807, 2.05) is 35.8 Å². The lowest BCUT2D eigenvalue weighted by molar-refractivity contribution is -0.114. The molecule has 0 saturated carbocycles. The van der Waals surface area contributed by atoms with Crippen molar-refractivity contribution >= 4 is 34.5 Å². The van der Waals surface area contributed by atoms with Gasteiger partial charge in [0.05, 0.1) is 11.0 Å². The van der Waals surface area contributed by atoms with Crippen LogP contribution in [-0.4, -0.2) is 21.4 Å². The number of rotatable bonds is 4. The van der Waals surface area contributed by atoms with E-state index in [0.717, 1.165) is 11.0 Å². The van der Waals surface area contributed by atoms with Gasteiger partial charge < -0.3 is 9.88 Å². The minimum Gasteiger partial charge on any atom is -0.326 e. The van der Waals surface area contributed by atoms with Crippen LogP contribution in [0.4, 0.5) is 11.6 Å². The van der Waals surface area contributed by atoms with Crippen LogP contribution in [0.3, 0.4) is 0 Å². The number of benzene rings is 2. The summed E-state index contributed by atoms with van der Waals surface area (Å²) in [6, 6.07) is 14.5. The first-order chi connectivity index (χ1) is 11.6. The number of hydrogen-bond acceptors (Lipinski definition) is 3. The fourth-order valence-electron chi connectivity index (χ4n) is 2.61. The zero-order valence-corrected chi connectivity index (χ0v) is 13.5. The molecule has 0 aliphatic rings. The molecule has 2 aromatic carbocycles. The number of aryl methyl sites for hydroxylation is 1. The maximum atomic E-state index is 12.5. The molecule has 2 N–H and O–H groups in total. The van der Waals surface area contributed by atoms with Crippen molar-refractivity contribution < 1.29 is 9.59 Å². The Balaban J connectivity index is 1.88. The van der Waals surface area contributed by atoms with E-state index in [4.69, 9.17) is 0 Å². The van der Waals surface area contributed by atoms with Gasteiger partial charge in [-0.2, -0.15) is 0 Å².